The Kier molecular flexibility index (Phi) is 4.71. The zero-order valence-electron chi connectivity index (χ0n) is 12.1. The van der Waals surface area contributed by atoms with Gasteiger partial charge in [-0.2, -0.15) is 4.31 Å². The molecule has 8 heteroatoms. The van der Waals surface area contributed by atoms with E-state index >= 15 is 0 Å². The standard InChI is InChI=1S/C14H17Cl2NO3S2/c1-10-8-13(12(16)9-11(10)15)22(18,19)17-4-2-14(3-5-17)20-6-7-21-14/h8-9H,2-7H2,1H3. The summed E-state index contributed by atoms with van der Waals surface area (Å²) in [6.45, 7) is 3.42. The smallest absolute Gasteiger partial charge is 0.244 e. The Bertz CT molecular complexity index is 678. The van der Waals surface area contributed by atoms with Crippen LogP contribution in [0.2, 0.25) is 10.0 Å². The molecule has 1 aromatic carbocycles. The number of hydrogen-bond donors (Lipinski definition) is 0. The van der Waals surface area contributed by atoms with Crippen molar-refractivity contribution < 1.29 is 13.2 Å². The summed E-state index contributed by atoms with van der Waals surface area (Å²) in [5, 5.41) is 0.639. The lowest BCUT2D eigenvalue weighted by Crippen LogP contribution is -2.45. The molecular formula is C14H17Cl2NO3S2. The van der Waals surface area contributed by atoms with Gasteiger partial charge in [-0.3, -0.25) is 0 Å². The first-order chi connectivity index (χ1) is 10.3. The van der Waals surface area contributed by atoms with Crippen molar-refractivity contribution >= 4 is 45.0 Å². The van der Waals surface area contributed by atoms with Gasteiger partial charge < -0.3 is 4.74 Å². The minimum absolute atomic E-state index is 0.131. The van der Waals surface area contributed by atoms with Gasteiger partial charge in [0, 0.05) is 23.9 Å². The van der Waals surface area contributed by atoms with Crippen LogP contribution >= 0.6 is 35.0 Å². The van der Waals surface area contributed by atoms with Crippen molar-refractivity contribution in [2.24, 2.45) is 0 Å². The van der Waals surface area contributed by atoms with E-state index in [0.717, 1.165) is 12.4 Å². The molecule has 122 valence electrons. The Morgan fingerprint density at radius 2 is 1.91 bits per heavy atom. The molecule has 1 spiro atoms. The average molecular weight is 382 g/mol. The first-order valence-corrected chi connectivity index (χ1v) is 10.3. The molecular weight excluding hydrogens is 365 g/mol. The third kappa shape index (κ3) is 3.01. The van der Waals surface area contributed by atoms with Crippen LogP contribution < -0.4 is 0 Å². The van der Waals surface area contributed by atoms with Crippen LogP contribution in [0.4, 0.5) is 0 Å². The SMILES string of the molecule is Cc1cc(S(=O)(=O)N2CCC3(CC2)OCCS3)c(Cl)cc1Cl. The van der Waals surface area contributed by atoms with Gasteiger partial charge in [0.25, 0.3) is 0 Å². The van der Waals surface area contributed by atoms with Gasteiger partial charge in [-0.25, -0.2) is 8.42 Å². The second-order valence-corrected chi connectivity index (χ2v) is 9.71. The maximum atomic E-state index is 12.8. The fourth-order valence-electron chi connectivity index (χ4n) is 2.82. The molecule has 0 amide bonds. The molecule has 0 bridgehead atoms. The summed E-state index contributed by atoms with van der Waals surface area (Å²) < 4.78 is 33.0. The molecule has 1 aromatic rings. The van der Waals surface area contributed by atoms with Crippen molar-refractivity contribution in [3.05, 3.63) is 27.7 Å². The van der Waals surface area contributed by atoms with Gasteiger partial charge in [0.1, 0.15) is 9.83 Å². The summed E-state index contributed by atoms with van der Waals surface area (Å²) >= 11 is 13.9. The van der Waals surface area contributed by atoms with Crippen LogP contribution in [0.25, 0.3) is 0 Å². The molecule has 0 atom stereocenters. The van der Waals surface area contributed by atoms with E-state index in [9.17, 15) is 8.42 Å². The van der Waals surface area contributed by atoms with E-state index in [2.05, 4.69) is 0 Å². The molecule has 4 nitrogen and oxygen atoms in total. The van der Waals surface area contributed by atoms with Crippen LogP contribution in [0.1, 0.15) is 18.4 Å². The van der Waals surface area contributed by atoms with E-state index < -0.39 is 10.0 Å². The number of thioether (sulfide) groups is 1. The van der Waals surface area contributed by atoms with E-state index in [1.54, 1.807) is 24.8 Å². The summed E-state index contributed by atoms with van der Waals surface area (Å²) in [5.41, 5.74) is 0.702. The molecule has 0 saturated carbocycles. The van der Waals surface area contributed by atoms with Crippen LogP contribution in [0.15, 0.2) is 17.0 Å². The Hall–Kier alpha value is 0.0200. The average Bonchev–Trinajstić information content (AvgIpc) is 2.91. The number of halogens is 2. The van der Waals surface area contributed by atoms with Crippen molar-refractivity contribution in [3.63, 3.8) is 0 Å². The predicted octanol–water partition coefficient (Wildman–Crippen LogP) is 3.55. The topological polar surface area (TPSA) is 46.6 Å². The van der Waals surface area contributed by atoms with E-state index in [1.165, 1.54) is 10.4 Å². The number of hydrogen-bond acceptors (Lipinski definition) is 4. The van der Waals surface area contributed by atoms with Gasteiger partial charge in [-0.05, 0) is 37.5 Å². The molecule has 2 aliphatic rings. The number of piperidine rings is 1. The molecule has 0 aliphatic carbocycles. The number of benzene rings is 1. The molecule has 0 radical (unpaired) electrons. The fourth-order valence-corrected chi connectivity index (χ4v) is 6.25. The van der Waals surface area contributed by atoms with E-state index in [4.69, 9.17) is 27.9 Å². The molecule has 0 aromatic heterocycles. The number of nitrogens with zero attached hydrogens (tertiary/aromatic N) is 1. The van der Waals surface area contributed by atoms with Crippen molar-refractivity contribution in [2.75, 3.05) is 25.4 Å². The third-order valence-electron chi connectivity index (χ3n) is 4.13. The fraction of sp³-hybridized carbons (Fsp3) is 0.571. The Morgan fingerprint density at radius 3 is 2.50 bits per heavy atom. The van der Waals surface area contributed by atoms with Crippen LogP contribution in [0, 0.1) is 6.92 Å². The molecule has 3 rings (SSSR count). The van der Waals surface area contributed by atoms with Gasteiger partial charge in [0.05, 0.1) is 11.6 Å². The summed E-state index contributed by atoms with van der Waals surface area (Å²) in [4.78, 5) is -0.0573. The summed E-state index contributed by atoms with van der Waals surface area (Å²) in [5.74, 6) is 0.981. The number of aryl methyl sites for hydroxylation is 1. The zero-order valence-corrected chi connectivity index (χ0v) is 15.3. The van der Waals surface area contributed by atoms with Crippen molar-refractivity contribution in [2.45, 2.75) is 29.6 Å². The Labute approximate surface area is 145 Å². The largest absolute Gasteiger partial charge is 0.363 e. The van der Waals surface area contributed by atoms with Crippen LogP contribution in [-0.2, 0) is 14.8 Å². The third-order valence-corrected chi connectivity index (χ3v) is 8.32. The molecule has 2 saturated heterocycles. The van der Waals surface area contributed by atoms with Gasteiger partial charge in [0.2, 0.25) is 10.0 Å². The first kappa shape index (κ1) is 16.9. The Morgan fingerprint density at radius 1 is 1.23 bits per heavy atom. The summed E-state index contributed by atoms with van der Waals surface area (Å²) in [7, 11) is -3.60. The highest BCUT2D eigenvalue weighted by atomic mass is 35.5. The molecule has 2 aliphatic heterocycles. The minimum Gasteiger partial charge on any atom is -0.363 e. The van der Waals surface area contributed by atoms with E-state index in [0.29, 0.717) is 36.5 Å². The van der Waals surface area contributed by atoms with Gasteiger partial charge in [-0.1, -0.05) is 23.2 Å². The highest BCUT2D eigenvalue weighted by Gasteiger charge is 2.42. The van der Waals surface area contributed by atoms with Crippen molar-refractivity contribution in [1.29, 1.82) is 0 Å². The Balaban J connectivity index is 1.84. The number of ether oxygens (including phenoxy) is 1. The number of rotatable bonds is 2. The number of sulfonamides is 1. The summed E-state index contributed by atoms with van der Waals surface area (Å²) in [6.07, 6.45) is 1.42. The molecule has 2 heterocycles. The quantitative estimate of drug-likeness (QED) is 0.785. The second kappa shape index (κ2) is 6.15. The van der Waals surface area contributed by atoms with E-state index in [1.807, 2.05) is 0 Å². The second-order valence-electron chi connectivity index (χ2n) is 5.54. The lowest BCUT2D eigenvalue weighted by atomic mass is 10.1. The van der Waals surface area contributed by atoms with E-state index in [-0.39, 0.29) is 14.9 Å². The van der Waals surface area contributed by atoms with Crippen LogP contribution in [0.5, 0.6) is 0 Å². The highest BCUT2D eigenvalue weighted by molar-refractivity contribution is 8.00. The molecule has 0 N–H and O–H groups in total. The zero-order chi connectivity index (χ0) is 16.0. The van der Waals surface area contributed by atoms with Gasteiger partial charge >= 0.3 is 0 Å². The monoisotopic (exact) mass is 381 g/mol. The van der Waals surface area contributed by atoms with Crippen LogP contribution in [-0.4, -0.2) is 43.1 Å². The van der Waals surface area contributed by atoms with Crippen molar-refractivity contribution in [3.8, 4) is 0 Å². The lowest BCUT2D eigenvalue weighted by molar-refractivity contribution is 0.0162. The lowest BCUT2D eigenvalue weighted by Gasteiger charge is -2.37. The molecule has 2 fully saturated rings. The van der Waals surface area contributed by atoms with Crippen LogP contribution in [0.3, 0.4) is 0 Å². The minimum atomic E-state index is -3.60. The van der Waals surface area contributed by atoms with Gasteiger partial charge in [0.15, 0.2) is 0 Å². The first-order valence-electron chi connectivity index (χ1n) is 7.08. The predicted molar refractivity (Wildman–Crippen MR) is 90.3 cm³/mol. The maximum Gasteiger partial charge on any atom is 0.244 e. The molecule has 22 heavy (non-hydrogen) atoms. The highest BCUT2D eigenvalue weighted by Crippen LogP contribution is 2.42. The van der Waals surface area contributed by atoms with Crippen molar-refractivity contribution in [1.82, 2.24) is 4.31 Å². The van der Waals surface area contributed by atoms with Gasteiger partial charge in [-0.15, -0.1) is 11.8 Å². The molecule has 0 unspecified atom stereocenters. The maximum absolute atomic E-state index is 12.8. The normalized spacial score (nSPS) is 22.3. The summed E-state index contributed by atoms with van der Waals surface area (Å²) in [6, 6.07) is 3.04.